The number of aliphatic hydroxyl groups excluding tert-OH is 3. The fourth-order valence-corrected chi connectivity index (χ4v) is 10.3. The molecule has 12 amide bonds. The summed E-state index contributed by atoms with van der Waals surface area (Å²) in [7, 11) is 0. The van der Waals surface area contributed by atoms with E-state index in [2.05, 4.69) is 47.9 Å². The van der Waals surface area contributed by atoms with Gasteiger partial charge in [-0.25, -0.2) is 4.79 Å². The van der Waals surface area contributed by atoms with Gasteiger partial charge in [-0.05, 0) is 106 Å². The van der Waals surface area contributed by atoms with Gasteiger partial charge >= 0.3 is 11.9 Å². The standard InChI is InChI=1S/C64H101N15O19S/c1-35(2)26-42(57(90)73-44(28-37-16-8-6-9-17-37)58(91)76-47(64(97)98)29-38-18-10-7-11-19-38)71-56(89)43(27-36(3)4)72-61(94)49(33-81)79-60(93)46(31-52(84)85)75-63(96)50(34-82)78-59(92)45(30-51(68)83)74-62(95)48(32-80)77-55(88)41(21-13-15-24-66)70-54(87)40(20-12-14-23-65)69-53(86)39(67)22-25-99-5/h6-11,16-19,35-36,39-50,80-82H,12-15,20-34,65-67H2,1-5H3,(H2,68,83)(H,69,86)(H,70,87)(H,71,89)(H,72,94)(H,73,90)(H,74,95)(H,75,96)(H,76,91)(H,77,88)(H,78,92)(H,79,93)(H,84,85)(H,97,98)/t39-,40-,41-,42-,43-,44-,45-,46-,47-,48-,49-,50-/m0/s1. The van der Waals surface area contributed by atoms with Crippen LogP contribution in [0.1, 0.15) is 109 Å². The molecule has 0 saturated carbocycles. The Balaban J connectivity index is 2.33. The Labute approximate surface area is 578 Å². The molecule has 35 heteroatoms. The van der Waals surface area contributed by atoms with Crippen LogP contribution in [-0.2, 0) is 80.0 Å². The summed E-state index contributed by atoms with van der Waals surface area (Å²) in [5.74, 6) is -16.2. The number of nitrogens with one attached hydrogen (secondary N) is 11. The highest BCUT2D eigenvalue weighted by Crippen LogP contribution is 2.14. The Morgan fingerprint density at radius 2 is 0.697 bits per heavy atom. The molecule has 0 aromatic heterocycles. The molecule has 0 aliphatic carbocycles. The van der Waals surface area contributed by atoms with Crippen molar-refractivity contribution >= 4 is 94.6 Å². The van der Waals surface area contributed by atoms with Crippen molar-refractivity contribution in [3.8, 4) is 0 Å². The number of rotatable bonds is 49. The molecular weight excluding hydrogens is 1310 g/mol. The van der Waals surface area contributed by atoms with Crippen LogP contribution >= 0.6 is 11.8 Å². The first-order valence-corrected chi connectivity index (χ1v) is 33.9. The van der Waals surface area contributed by atoms with E-state index in [-0.39, 0.29) is 69.9 Å². The smallest absolute Gasteiger partial charge is 0.326 e. The second-order valence-electron chi connectivity index (χ2n) is 24.4. The lowest BCUT2D eigenvalue weighted by Crippen LogP contribution is -2.62. The van der Waals surface area contributed by atoms with Crippen LogP contribution in [0, 0.1) is 11.8 Å². The fraction of sp³-hybridized carbons (Fsp3) is 0.594. The lowest BCUT2D eigenvalue weighted by molar-refractivity contribution is -0.142. The van der Waals surface area contributed by atoms with Crippen LogP contribution in [0.25, 0.3) is 0 Å². The van der Waals surface area contributed by atoms with Crippen LogP contribution in [0.2, 0.25) is 0 Å². The monoisotopic (exact) mass is 1420 g/mol. The summed E-state index contributed by atoms with van der Waals surface area (Å²) < 4.78 is 0. The van der Waals surface area contributed by atoms with Crippen LogP contribution in [-0.4, -0.2) is 226 Å². The summed E-state index contributed by atoms with van der Waals surface area (Å²) >= 11 is 1.46. The number of amides is 12. The second kappa shape index (κ2) is 46.4. The Hall–Kier alpha value is -8.87. The zero-order chi connectivity index (χ0) is 74.3. The summed E-state index contributed by atoms with van der Waals surface area (Å²) in [5.41, 5.74) is 24.0. The molecule has 24 N–H and O–H groups in total. The van der Waals surface area contributed by atoms with Crippen molar-refractivity contribution in [1.82, 2.24) is 58.5 Å². The minimum absolute atomic E-state index is 0.0183. The maximum absolute atomic E-state index is 14.3. The number of aliphatic hydroxyl groups is 3. The normalized spacial score (nSPS) is 14.8. The highest BCUT2D eigenvalue weighted by molar-refractivity contribution is 7.98. The third-order valence-corrected chi connectivity index (χ3v) is 15.8. The number of hydrogen-bond donors (Lipinski definition) is 20. The lowest BCUT2D eigenvalue weighted by atomic mass is 9.98. The number of nitrogens with two attached hydrogens (primary N) is 4. The van der Waals surface area contributed by atoms with Gasteiger partial charge in [0.2, 0.25) is 70.9 Å². The third-order valence-electron chi connectivity index (χ3n) is 15.1. The summed E-state index contributed by atoms with van der Waals surface area (Å²) in [6.45, 7) is 3.70. The van der Waals surface area contributed by atoms with E-state index in [4.69, 9.17) is 22.9 Å². The van der Waals surface area contributed by atoms with Crippen LogP contribution in [0.5, 0.6) is 0 Å². The van der Waals surface area contributed by atoms with Crippen molar-refractivity contribution in [3.05, 3.63) is 71.8 Å². The molecule has 2 rings (SSSR count). The Morgan fingerprint density at radius 1 is 0.394 bits per heavy atom. The van der Waals surface area contributed by atoms with E-state index in [1.54, 1.807) is 88.4 Å². The number of unbranched alkanes of at least 4 members (excludes halogenated alkanes) is 2. The van der Waals surface area contributed by atoms with Crippen LogP contribution in [0.4, 0.5) is 0 Å². The van der Waals surface area contributed by atoms with Gasteiger partial charge in [-0.15, -0.1) is 0 Å². The van der Waals surface area contributed by atoms with Gasteiger partial charge in [0.15, 0.2) is 0 Å². The number of aliphatic carboxylic acids is 2. The molecule has 34 nitrogen and oxygen atoms in total. The minimum Gasteiger partial charge on any atom is -0.481 e. The van der Waals surface area contributed by atoms with Gasteiger partial charge in [0.1, 0.15) is 66.5 Å². The predicted octanol–water partition coefficient (Wildman–Crippen LogP) is -5.35. The molecule has 0 aliphatic heterocycles. The zero-order valence-electron chi connectivity index (χ0n) is 56.5. The van der Waals surface area contributed by atoms with Crippen molar-refractivity contribution in [2.45, 2.75) is 184 Å². The molecule has 0 fully saturated rings. The number of carbonyl (C=O) groups excluding carboxylic acids is 12. The average Bonchev–Trinajstić information content (AvgIpc) is 0.871. The molecular formula is C64H101N15O19S. The molecule has 99 heavy (non-hydrogen) atoms. The van der Waals surface area contributed by atoms with Gasteiger partial charge in [-0.2, -0.15) is 11.8 Å². The zero-order valence-corrected chi connectivity index (χ0v) is 57.3. The number of carbonyl (C=O) groups is 14. The maximum Gasteiger partial charge on any atom is 0.326 e. The Bertz CT molecular complexity index is 2970. The molecule has 12 atom stereocenters. The summed E-state index contributed by atoms with van der Waals surface area (Å²) in [6, 6.07) is -2.29. The molecule has 552 valence electrons. The highest BCUT2D eigenvalue weighted by atomic mass is 32.2. The predicted molar refractivity (Wildman–Crippen MR) is 362 cm³/mol. The first kappa shape index (κ1) is 86.2. The topological polar surface area (TPSA) is 577 Å². The third kappa shape index (κ3) is 33.0. The van der Waals surface area contributed by atoms with E-state index in [0.717, 1.165) is 0 Å². The minimum atomic E-state index is -2.15. The Kier molecular flexibility index (Phi) is 40.4. The fourth-order valence-electron chi connectivity index (χ4n) is 9.79. The van der Waals surface area contributed by atoms with Crippen LogP contribution < -0.4 is 81.4 Å². The molecule has 0 radical (unpaired) electrons. The summed E-state index contributed by atoms with van der Waals surface area (Å²) in [6.07, 6.45) is 1.17. The first-order chi connectivity index (χ1) is 46.9. The highest BCUT2D eigenvalue weighted by Gasteiger charge is 2.38. The first-order valence-electron chi connectivity index (χ1n) is 32.5. The van der Waals surface area contributed by atoms with Gasteiger partial charge in [0, 0.05) is 12.8 Å². The van der Waals surface area contributed by atoms with Crippen LogP contribution in [0.15, 0.2) is 60.7 Å². The number of hydrogen-bond acceptors (Lipinski definition) is 21. The molecule has 0 spiro atoms. The maximum atomic E-state index is 14.3. The van der Waals surface area contributed by atoms with Crippen LogP contribution in [0.3, 0.4) is 0 Å². The van der Waals surface area contributed by atoms with Gasteiger partial charge in [-0.1, -0.05) is 88.4 Å². The summed E-state index contributed by atoms with van der Waals surface area (Å²) in [4.78, 5) is 189. The van der Waals surface area contributed by atoms with Crippen molar-refractivity contribution in [2.75, 3.05) is 44.9 Å². The number of carboxylic acid groups (broad SMARTS) is 2. The van der Waals surface area contributed by atoms with Crippen molar-refractivity contribution < 1.29 is 92.7 Å². The Morgan fingerprint density at radius 3 is 1.05 bits per heavy atom. The van der Waals surface area contributed by atoms with E-state index in [1.807, 2.05) is 16.9 Å². The van der Waals surface area contributed by atoms with Crippen molar-refractivity contribution in [3.63, 3.8) is 0 Å². The van der Waals surface area contributed by atoms with E-state index < -0.39 is 188 Å². The molecule has 0 aliphatic rings. The van der Waals surface area contributed by atoms with Crippen molar-refractivity contribution in [1.29, 1.82) is 0 Å². The molecule has 0 saturated heterocycles. The van der Waals surface area contributed by atoms with E-state index in [0.29, 0.717) is 42.6 Å². The molecule has 0 unspecified atom stereocenters. The number of primary amides is 1. The van der Waals surface area contributed by atoms with Gasteiger partial charge in [0.05, 0.1) is 38.7 Å². The van der Waals surface area contributed by atoms with E-state index in [1.165, 1.54) is 11.8 Å². The van der Waals surface area contributed by atoms with E-state index in [9.17, 15) is 92.7 Å². The molecule has 0 bridgehead atoms. The lowest BCUT2D eigenvalue weighted by Gasteiger charge is -2.28. The van der Waals surface area contributed by atoms with Gasteiger partial charge in [0.25, 0.3) is 0 Å². The molecule has 0 heterocycles. The molecule has 2 aromatic rings. The number of thioether (sulfide) groups is 1. The van der Waals surface area contributed by atoms with Crippen molar-refractivity contribution in [2.24, 2.45) is 34.8 Å². The van der Waals surface area contributed by atoms with Gasteiger partial charge < -0.3 is 107 Å². The number of benzene rings is 2. The largest absolute Gasteiger partial charge is 0.481 e. The number of carboxylic acids is 2. The quantitative estimate of drug-likeness (QED) is 0.0275. The van der Waals surface area contributed by atoms with Gasteiger partial charge in [-0.3, -0.25) is 62.3 Å². The van der Waals surface area contributed by atoms with E-state index >= 15 is 0 Å². The average molecular weight is 1420 g/mol. The SMILES string of the molecule is CSCC[C@H](N)C(=O)N[C@@H](CCCCN)C(=O)N[C@@H](CCCCN)C(=O)N[C@@H](CO)C(=O)N[C@@H](CC(N)=O)C(=O)N[C@@H](CO)C(=O)N[C@@H](CC(=O)O)C(=O)N[C@@H](CO)C(=O)N[C@@H](CC(C)C)C(=O)N[C@@H](CC(C)C)C(=O)N[C@@H](Cc1ccccc1)C(=O)N[C@@H](Cc1ccccc1)C(=O)O. The second-order valence-corrected chi connectivity index (χ2v) is 25.4. The molecule has 2 aromatic carbocycles. The summed E-state index contributed by atoms with van der Waals surface area (Å²) in [5, 5.41) is 76.8.